The van der Waals surface area contributed by atoms with Crippen molar-refractivity contribution in [3.05, 3.63) is 83.4 Å². The van der Waals surface area contributed by atoms with Gasteiger partial charge in [-0.1, -0.05) is 37.3 Å². The van der Waals surface area contributed by atoms with Crippen LogP contribution in [0.25, 0.3) is 0 Å². The zero-order chi connectivity index (χ0) is 28.1. The van der Waals surface area contributed by atoms with Crippen molar-refractivity contribution in [2.75, 3.05) is 12.4 Å². The molecule has 0 aliphatic heterocycles. The Balaban J connectivity index is 1.88. The van der Waals surface area contributed by atoms with Gasteiger partial charge in [-0.3, -0.25) is 0 Å². The van der Waals surface area contributed by atoms with Crippen molar-refractivity contribution in [3.63, 3.8) is 0 Å². The standard InChI is InChI=1S/C27H29F3N2O5S/c1-5-20-9-6-7-12-23(20)31-26(33)32(18(2)3)17-19-13-14-24(36-4)25(15-19)37-38(34,35)22-11-8-10-21(16-22)27(28,29)30/h6-16,18H,5,17H2,1-4H3,(H,31,33). The summed E-state index contributed by atoms with van der Waals surface area (Å²) in [5.74, 6) is -0.162. The van der Waals surface area contributed by atoms with E-state index < -0.39 is 26.8 Å². The predicted molar refractivity (Wildman–Crippen MR) is 138 cm³/mol. The number of methoxy groups -OCH3 is 1. The molecule has 3 rings (SSSR count). The molecule has 0 aromatic heterocycles. The Hall–Kier alpha value is -3.73. The molecule has 0 aliphatic rings. The molecule has 0 atom stereocenters. The minimum Gasteiger partial charge on any atom is -0.493 e. The Morgan fingerprint density at radius 1 is 1.00 bits per heavy atom. The molecule has 0 bridgehead atoms. The van der Waals surface area contributed by atoms with Crippen LogP contribution < -0.4 is 14.2 Å². The Bertz CT molecular complexity index is 1390. The molecular formula is C27H29F3N2O5S. The summed E-state index contributed by atoms with van der Waals surface area (Å²) in [5.41, 5.74) is 1.07. The lowest BCUT2D eigenvalue weighted by Gasteiger charge is -2.28. The minimum absolute atomic E-state index is 0.0572. The van der Waals surface area contributed by atoms with E-state index in [4.69, 9.17) is 8.92 Å². The van der Waals surface area contributed by atoms with Crippen LogP contribution in [0.4, 0.5) is 23.7 Å². The molecule has 0 saturated carbocycles. The Morgan fingerprint density at radius 3 is 2.34 bits per heavy atom. The molecule has 204 valence electrons. The van der Waals surface area contributed by atoms with Gasteiger partial charge in [-0.05, 0) is 67.8 Å². The third-order valence-corrected chi connectivity index (χ3v) is 6.98. The van der Waals surface area contributed by atoms with Crippen LogP contribution in [0, 0.1) is 0 Å². The van der Waals surface area contributed by atoms with Crippen molar-refractivity contribution in [2.24, 2.45) is 0 Å². The molecule has 1 N–H and O–H groups in total. The van der Waals surface area contributed by atoms with Crippen LogP contribution in [-0.2, 0) is 29.3 Å². The number of ether oxygens (including phenoxy) is 1. The van der Waals surface area contributed by atoms with Crippen molar-refractivity contribution in [1.82, 2.24) is 4.90 Å². The van der Waals surface area contributed by atoms with Gasteiger partial charge in [0.15, 0.2) is 11.5 Å². The van der Waals surface area contributed by atoms with Gasteiger partial charge >= 0.3 is 22.3 Å². The highest BCUT2D eigenvalue weighted by Crippen LogP contribution is 2.34. The fourth-order valence-corrected chi connectivity index (χ4v) is 4.68. The number of carbonyl (C=O) groups excluding carboxylic acids is 1. The number of hydrogen-bond acceptors (Lipinski definition) is 5. The molecule has 0 unspecified atom stereocenters. The van der Waals surface area contributed by atoms with Crippen molar-refractivity contribution < 1.29 is 35.3 Å². The smallest absolute Gasteiger partial charge is 0.416 e. The van der Waals surface area contributed by atoms with Gasteiger partial charge in [0.1, 0.15) is 4.90 Å². The van der Waals surface area contributed by atoms with Gasteiger partial charge in [-0.2, -0.15) is 21.6 Å². The molecule has 3 aromatic rings. The number of anilines is 1. The van der Waals surface area contributed by atoms with Crippen LogP contribution in [0.5, 0.6) is 11.5 Å². The molecule has 0 spiro atoms. The maximum atomic E-state index is 13.1. The van der Waals surface area contributed by atoms with Gasteiger partial charge in [-0.25, -0.2) is 4.79 Å². The molecule has 0 heterocycles. The highest BCUT2D eigenvalue weighted by molar-refractivity contribution is 7.87. The van der Waals surface area contributed by atoms with Gasteiger partial charge in [-0.15, -0.1) is 0 Å². The van der Waals surface area contributed by atoms with E-state index >= 15 is 0 Å². The number of amides is 2. The summed E-state index contributed by atoms with van der Waals surface area (Å²) < 4.78 is 75.4. The van der Waals surface area contributed by atoms with E-state index in [1.165, 1.54) is 19.2 Å². The molecule has 0 fully saturated rings. The number of benzene rings is 3. The fourth-order valence-electron chi connectivity index (χ4n) is 3.70. The number of alkyl halides is 3. The maximum absolute atomic E-state index is 13.1. The summed E-state index contributed by atoms with van der Waals surface area (Å²) in [6.07, 6.45) is -3.99. The first-order chi connectivity index (χ1) is 17.9. The molecule has 0 saturated heterocycles. The summed E-state index contributed by atoms with van der Waals surface area (Å²) >= 11 is 0. The van der Waals surface area contributed by atoms with E-state index in [9.17, 15) is 26.4 Å². The second-order valence-electron chi connectivity index (χ2n) is 8.71. The normalized spacial score (nSPS) is 11.8. The predicted octanol–water partition coefficient (Wildman–Crippen LogP) is 6.49. The largest absolute Gasteiger partial charge is 0.493 e. The van der Waals surface area contributed by atoms with Gasteiger partial charge in [0.2, 0.25) is 0 Å². The Morgan fingerprint density at radius 2 is 1.71 bits per heavy atom. The highest BCUT2D eigenvalue weighted by atomic mass is 32.2. The lowest BCUT2D eigenvalue weighted by Crippen LogP contribution is -2.39. The van der Waals surface area contributed by atoms with E-state index in [1.807, 2.05) is 45.0 Å². The molecule has 0 aliphatic carbocycles. The highest BCUT2D eigenvalue weighted by Gasteiger charge is 2.32. The fraction of sp³-hybridized carbons (Fsp3) is 0.296. The van der Waals surface area contributed by atoms with E-state index in [0.29, 0.717) is 17.3 Å². The van der Waals surface area contributed by atoms with Gasteiger partial charge in [0.05, 0.1) is 12.7 Å². The molecule has 11 heteroatoms. The minimum atomic E-state index is -4.72. The molecule has 7 nitrogen and oxygen atoms in total. The van der Waals surface area contributed by atoms with Gasteiger partial charge in [0.25, 0.3) is 0 Å². The van der Waals surface area contributed by atoms with Crippen molar-refractivity contribution >= 4 is 21.8 Å². The summed E-state index contributed by atoms with van der Waals surface area (Å²) in [4.78, 5) is 14.0. The first-order valence-corrected chi connectivity index (χ1v) is 13.2. The van der Waals surface area contributed by atoms with Gasteiger partial charge < -0.3 is 19.1 Å². The van der Waals surface area contributed by atoms with Crippen molar-refractivity contribution in [3.8, 4) is 11.5 Å². The van der Waals surface area contributed by atoms with Crippen LogP contribution in [0.3, 0.4) is 0 Å². The number of para-hydroxylation sites is 1. The SMILES string of the molecule is CCc1ccccc1NC(=O)N(Cc1ccc(OC)c(OS(=O)(=O)c2cccc(C(F)(F)F)c2)c1)C(C)C. The zero-order valence-corrected chi connectivity index (χ0v) is 22.2. The topological polar surface area (TPSA) is 84.9 Å². The molecule has 3 aromatic carbocycles. The molecule has 2 amide bonds. The Labute approximate surface area is 220 Å². The van der Waals surface area contributed by atoms with E-state index in [-0.39, 0.29) is 30.1 Å². The second kappa shape index (κ2) is 11.8. The third kappa shape index (κ3) is 6.97. The monoisotopic (exact) mass is 550 g/mol. The average Bonchev–Trinajstić information content (AvgIpc) is 2.87. The molecule has 0 radical (unpaired) electrons. The van der Waals surface area contributed by atoms with Crippen molar-refractivity contribution in [1.29, 1.82) is 0 Å². The van der Waals surface area contributed by atoms with Crippen molar-refractivity contribution in [2.45, 2.75) is 50.9 Å². The summed E-state index contributed by atoms with van der Waals surface area (Å²) in [6.45, 7) is 5.76. The van der Waals surface area contributed by atoms with Crippen LogP contribution in [0.2, 0.25) is 0 Å². The molecule has 38 heavy (non-hydrogen) atoms. The van der Waals surface area contributed by atoms with E-state index in [2.05, 4.69) is 5.32 Å². The maximum Gasteiger partial charge on any atom is 0.416 e. The van der Waals surface area contributed by atoms with E-state index in [1.54, 1.807) is 11.0 Å². The Kier molecular flexibility index (Phi) is 8.93. The van der Waals surface area contributed by atoms with Crippen LogP contribution >= 0.6 is 0 Å². The summed E-state index contributed by atoms with van der Waals surface area (Å²) in [6, 6.07) is 14.7. The van der Waals surface area contributed by atoms with E-state index in [0.717, 1.165) is 30.2 Å². The van der Waals surface area contributed by atoms with Gasteiger partial charge in [0, 0.05) is 18.3 Å². The lowest BCUT2D eigenvalue weighted by molar-refractivity contribution is -0.137. The first-order valence-electron chi connectivity index (χ1n) is 11.8. The number of aryl methyl sites for hydroxylation is 1. The number of halogens is 3. The average molecular weight is 551 g/mol. The second-order valence-corrected chi connectivity index (χ2v) is 10.3. The van der Waals surface area contributed by atoms with Crippen LogP contribution in [0.1, 0.15) is 37.5 Å². The summed E-state index contributed by atoms with van der Waals surface area (Å²) in [5, 5.41) is 2.92. The molecular weight excluding hydrogens is 521 g/mol. The first kappa shape index (κ1) is 28.8. The summed E-state index contributed by atoms with van der Waals surface area (Å²) in [7, 11) is -3.32. The number of rotatable bonds is 9. The zero-order valence-electron chi connectivity index (χ0n) is 21.4. The quantitative estimate of drug-likeness (QED) is 0.308. The van der Waals surface area contributed by atoms with Crippen LogP contribution in [0.15, 0.2) is 71.6 Å². The number of carbonyl (C=O) groups is 1. The third-order valence-electron chi connectivity index (χ3n) is 5.75. The number of nitrogens with one attached hydrogen (secondary N) is 1. The number of urea groups is 1. The van der Waals surface area contributed by atoms with Crippen LogP contribution in [-0.4, -0.2) is 32.5 Å². The number of hydrogen-bond donors (Lipinski definition) is 1. The number of nitrogens with zero attached hydrogens (tertiary/aromatic N) is 1. The lowest BCUT2D eigenvalue weighted by atomic mass is 10.1.